The quantitative estimate of drug-likeness (QED) is 0.868. The lowest BCUT2D eigenvalue weighted by atomic mass is 9.93. The van der Waals surface area contributed by atoms with Gasteiger partial charge in [0.2, 0.25) is 0 Å². The number of aromatic nitrogens is 2. The van der Waals surface area contributed by atoms with Crippen molar-refractivity contribution < 1.29 is 4.74 Å². The van der Waals surface area contributed by atoms with Crippen molar-refractivity contribution in [2.45, 2.75) is 19.0 Å². The Morgan fingerprint density at radius 3 is 2.72 bits per heavy atom. The summed E-state index contributed by atoms with van der Waals surface area (Å²) in [6.07, 6.45) is 0. The van der Waals surface area contributed by atoms with Crippen LogP contribution in [0.4, 0.5) is 0 Å². The average molecular weight is 263 g/mol. The highest BCUT2D eigenvalue weighted by Gasteiger charge is 2.25. The predicted octanol–water partition coefficient (Wildman–Crippen LogP) is 2.19. The van der Waals surface area contributed by atoms with Gasteiger partial charge in [-0.15, -0.1) is 5.10 Å². The zero-order valence-corrected chi connectivity index (χ0v) is 11.4. The highest BCUT2D eigenvalue weighted by atomic mass is 32.1. The van der Waals surface area contributed by atoms with Gasteiger partial charge in [0.05, 0.1) is 17.8 Å². The number of ether oxygens (including phenoxy) is 1. The molecule has 4 nitrogen and oxygen atoms in total. The number of hydrogen-bond acceptors (Lipinski definition) is 5. The highest BCUT2D eigenvalue weighted by Crippen LogP contribution is 2.21. The fourth-order valence-corrected chi connectivity index (χ4v) is 2.33. The van der Waals surface area contributed by atoms with Crippen LogP contribution in [0.1, 0.15) is 18.2 Å². The molecule has 18 heavy (non-hydrogen) atoms. The first-order chi connectivity index (χ1) is 8.74. The molecule has 5 heteroatoms. The molecule has 0 amide bonds. The van der Waals surface area contributed by atoms with Gasteiger partial charge in [-0.25, -0.2) is 0 Å². The summed E-state index contributed by atoms with van der Waals surface area (Å²) < 4.78 is 9.20. The van der Waals surface area contributed by atoms with E-state index < -0.39 is 0 Å². The minimum absolute atomic E-state index is 0.223. The van der Waals surface area contributed by atoms with Crippen LogP contribution in [0.15, 0.2) is 35.7 Å². The Balaban J connectivity index is 2.11. The second kappa shape index (κ2) is 6.04. The molecule has 2 rings (SSSR count). The Kier molecular flexibility index (Phi) is 4.41. The largest absolute Gasteiger partial charge is 0.382 e. The van der Waals surface area contributed by atoms with E-state index in [0.717, 1.165) is 5.69 Å². The SMILES string of the molecule is COCC(C)(NCc1csnn1)c1ccccc1. The molecule has 1 aromatic carbocycles. The molecule has 0 aliphatic carbocycles. The third kappa shape index (κ3) is 3.13. The molecule has 1 N–H and O–H groups in total. The molecule has 96 valence electrons. The Bertz CT molecular complexity index is 460. The van der Waals surface area contributed by atoms with E-state index in [-0.39, 0.29) is 5.54 Å². The van der Waals surface area contributed by atoms with Gasteiger partial charge in [-0.1, -0.05) is 34.8 Å². The van der Waals surface area contributed by atoms with E-state index in [1.165, 1.54) is 17.1 Å². The Morgan fingerprint density at radius 1 is 1.33 bits per heavy atom. The molecule has 1 unspecified atom stereocenters. The van der Waals surface area contributed by atoms with Crippen LogP contribution in [0.5, 0.6) is 0 Å². The van der Waals surface area contributed by atoms with Crippen LogP contribution in [0, 0.1) is 0 Å². The molecule has 1 atom stereocenters. The molecule has 0 fully saturated rings. The standard InChI is InChI=1S/C13H17N3OS/c1-13(10-17-2,11-6-4-3-5-7-11)14-8-12-9-18-16-15-12/h3-7,9,14H,8,10H2,1-2H3. The lowest BCUT2D eigenvalue weighted by Crippen LogP contribution is -2.43. The first-order valence-electron chi connectivity index (χ1n) is 5.80. The summed E-state index contributed by atoms with van der Waals surface area (Å²) >= 11 is 1.37. The Morgan fingerprint density at radius 2 is 2.11 bits per heavy atom. The molecule has 0 aliphatic rings. The van der Waals surface area contributed by atoms with Gasteiger partial charge in [-0.3, -0.25) is 5.32 Å². The van der Waals surface area contributed by atoms with E-state index in [4.69, 9.17) is 4.74 Å². The van der Waals surface area contributed by atoms with E-state index in [0.29, 0.717) is 13.2 Å². The lowest BCUT2D eigenvalue weighted by molar-refractivity contribution is 0.117. The normalized spacial score (nSPS) is 14.3. The Hall–Kier alpha value is -1.30. The number of nitrogens with one attached hydrogen (secondary N) is 1. The maximum atomic E-state index is 5.34. The molecule has 0 radical (unpaired) electrons. The first-order valence-corrected chi connectivity index (χ1v) is 6.64. The maximum Gasteiger partial charge on any atom is 0.0893 e. The van der Waals surface area contributed by atoms with Gasteiger partial charge in [0.25, 0.3) is 0 Å². The van der Waals surface area contributed by atoms with Gasteiger partial charge in [0, 0.05) is 19.0 Å². The van der Waals surface area contributed by atoms with Crippen LogP contribution in [0.3, 0.4) is 0 Å². The minimum atomic E-state index is -0.223. The summed E-state index contributed by atoms with van der Waals surface area (Å²) in [4.78, 5) is 0. The summed E-state index contributed by atoms with van der Waals surface area (Å²) in [6, 6.07) is 10.3. The van der Waals surface area contributed by atoms with Crippen LogP contribution >= 0.6 is 11.5 Å². The van der Waals surface area contributed by atoms with Crippen molar-refractivity contribution >= 4 is 11.5 Å². The van der Waals surface area contributed by atoms with E-state index in [1.807, 2.05) is 23.6 Å². The average Bonchev–Trinajstić information content (AvgIpc) is 2.91. The number of methoxy groups -OCH3 is 1. The van der Waals surface area contributed by atoms with Crippen LogP contribution in [0.25, 0.3) is 0 Å². The summed E-state index contributed by atoms with van der Waals surface area (Å²) in [5, 5.41) is 9.48. The molecule has 2 aromatic rings. The van der Waals surface area contributed by atoms with Crippen LogP contribution < -0.4 is 5.32 Å². The number of rotatable bonds is 6. The van der Waals surface area contributed by atoms with Gasteiger partial charge >= 0.3 is 0 Å². The molecule has 0 aliphatic heterocycles. The fraction of sp³-hybridized carbons (Fsp3) is 0.385. The topological polar surface area (TPSA) is 47.0 Å². The van der Waals surface area contributed by atoms with Crippen LogP contribution in [0.2, 0.25) is 0 Å². The van der Waals surface area contributed by atoms with Crippen molar-refractivity contribution in [3.63, 3.8) is 0 Å². The third-order valence-corrected chi connectivity index (χ3v) is 3.46. The van der Waals surface area contributed by atoms with Gasteiger partial charge in [-0.05, 0) is 24.0 Å². The summed E-state index contributed by atoms with van der Waals surface area (Å²) in [6.45, 7) is 3.42. The number of benzene rings is 1. The van der Waals surface area contributed by atoms with Crippen molar-refractivity contribution in [1.82, 2.24) is 14.9 Å². The second-order valence-corrected chi connectivity index (χ2v) is 4.99. The third-order valence-electron chi connectivity index (χ3n) is 2.91. The highest BCUT2D eigenvalue weighted by molar-refractivity contribution is 7.03. The van der Waals surface area contributed by atoms with Crippen molar-refractivity contribution in [3.05, 3.63) is 47.0 Å². The molecule has 0 bridgehead atoms. The summed E-state index contributed by atoms with van der Waals surface area (Å²) in [7, 11) is 1.72. The van der Waals surface area contributed by atoms with E-state index in [9.17, 15) is 0 Å². The molecular formula is C13H17N3OS. The smallest absolute Gasteiger partial charge is 0.0893 e. The second-order valence-electron chi connectivity index (χ2n) is 4.38. The molecule has 1 aromatic heterocycles. The van der Waals surface area contributed by atoms with Gasteiger partial charge in [0.15, 0.2) is 0 Å². The van der Waals surface area contributed by atoms with Crippen LogP contribution in [-0.4, -0.2) is 23.3 Å². The number of hydrogen-bond donors (Lipinski definition) is 1. The molecule has 1 heterocycles. The van der Waals surface area contributed by atoms with Crippen molar-refractivity contribution in [2.24, 2.45) is 0 Å². The summed E-state index contributed by atoms with van der Waals surface area (Å²) in [5.74, 6) is 0. The molecule has 0 saturated heterocycles. The molecular weight excluding hydrogens is 246 g/mol. The van der Waals surface area contributed by atoms with Gasteiger partial charge in [0.1, 0.15) is 0 Å². The predicted molar refractivity (Wildman–Crippen MR) is 72.4 cm³/mol. The summed E-state index contributed by atoms with van der Waals surface area (Å²) in [5.41, 5.74) is 1.94. The monoisotopic (exact) mass is 263 g/mol. The lowest BCUT2D eigenvalue weighted by Gasteiger charge is -2.30. The molecule has 0 saturated carbocycles. The minimum Gasteiger partial charge on any atom is -0.382 e. The molecule has 0 spiro atoms. The van der Waals surface area contributed by atoms with Crippen LogP contribution in [-0.2, 0) is 16.8 Å². The van der Waals surface area contributed by atoms with E-state index >= 15 is 0 Å². The van der Waals surface area contributed by atoms with E-state index in [2.05, 4.69) is 34.0 Å². The van der Waals surface area contributed by atoms with Crippen molar-refractivity contribution in [3.8, 4) is 0 Å². The fourth-order valence-electron chi connectivity index (χ4n) is 1.88. The zero-order chi connectivity index (χ0) is 12.8. The van der Waals surface area contributed by atoms with Gasteiger partial charge in [-0.2, -0.15) is 0 Å². The first kappa shape index (κ1) is 13.1. The van der Waals surface area contributed by atoms with E-state index in [1.54, 1.807) is 7.11 Å². The maximum absolute atomic E-state index is 5.34. The van der Waals surface area contributed by atoms with Gasteiger partial charge < -0.3 is 4.74 Å². The van der Waals surface area contributed by atoms with Crippen molar-refractivity contribution in [2.75, 3.05) is 13.7 Å². The number of nitrogens with zero attached hydrogens (tertiary/aromatic N) is 2. The van der Waals surface area contributed by atoms with Crippen molar-refractivity contribution in [1.29, 1.82) is 0 Å². The zero-order valence-electron chi connectivity index (χ0n) is 10.6. The Labute approximate surface area is 111 Å².